The standard InChI is InChI=1S/C11H21NO2S/c1-3-6-11(7-4-2)12-9(10(13)14)5-8-15-11/h9,12H,3-8H2,1-2H3,(H,13,14). The van der Waals surface area contributed by atoms with Crippen LogP contribution < -0.4 is 5.32 Å². The van der Waals surface area contributed by atoms with Gasteiger partial charge in [0.05, 0.1) is 4.87 Å². The van der Waals surface area contributed by atoms with Crippen molar-refractivity contribution in [1.29, 1.82) is 0 Å². The zero-order valence-electron chi connectivity index (χ0n) is 9.58. The Hall–Kier alpha value is -0.220. The van der Waals surface area contributed by atoms with Crippen molar-refractivity contribution < 1.29 is 9.90 Å². The summed E-state index contributed by atoms with van der Waals surface area (Å²) in [7, 11) is 0. The van der Waals surface area contributed by atoms with Gasteiger partial charge in [0, 0.05) is 0 Å². The molecule has 0 saturated carbocycles. The quantitative estimate of drug-likeness (QED) is 0.763. The second-order valence-corrected chi connectivity index (χ2v) is 5.64. The second-order valence-electron chi connectivity index (χ2n) is 4.17. The predicted octanol–water partition coefficient (Wildman–Crippen LogP) is 2.46. The van der Waals surface area contributed by atoms with E-state index in [9.17, 15) is 4.79 Å². The van der Waals surface area contributed by atoms with E-state index < -0.39 is 5.97 Å². The third kappa shape index (κ3) is 3.38. The number of thioether (sulfide) groups is 1. The molecule has 1 unspecified atom stereocenters. The number of carboxylic acid groups (broad SMARTS) is 1. The van der Waals surface area contributed by atoms with Gasteiger partial charge in [-0.1, -0.05) is 26.7 Å². The summed E-state index contributed by atoms with van der Waals surface area (Å²) >= 11 is 1.91. The first kappa shape index (κ1) is 12.8. The molecule has 1 heterocycles. The van der Waals surface area contributed by atoms with Crippen LogP contribution in [0.4, 0.5) is 0 Å². The van der Waals surface area contributed by atoms with Crippen molar-refractivity contribution in [3.63, 3.8) is 0 Å². The summed E-state index contributed by atoms with van der Waals surface area (Å²) in [5.74, 6) is 0.260. The van der Waals surface area contributed by atoms with E-state index in [1.54, 1.807) is 0 Å². The molecular formula is C11H21NO2S. The normalized spacial score (nSPS) is 25.1. The average molecular weight is 231 g/mol. The Morgan fingerprint density at radius 2 is 2.07 bits per heavy atom. The highest BCUT2D eigenvalue weighted by atomic mass is 32.2. The first-order valence-corrected chi connectivity index (χ1v) is 6.76. The van der Waals surface area contributed by atoms with Gasteiger partial charge in [-0.05, 0) is 25.0 Å². The van der Waals surface area contributed by atoms with Crippen molar-refractivity contribution >= 4 is 17.7 Å². The van der Waals surface area contributed by atoms with Crippen LogP contribution in [0.25, 0.3) is 0 Å². The van der Waals surface area contributed by atoms with Crippen molar-refractivity contribution in [3.8, 4) is 0 Å². The maximum Gasteiger partial charge on any atom is 0.320 e. The minimum absolute atomic E-state index is 0.0187. The molecule has 0 aromatic heterocycles. The molecule has 1 atom stereocenters. The number of hydrogen-bond acceptors (Lipinski definition) is 3. The SMILES string of the molecule is CCCC1(CCC)NC(C(=O)O)CCS1. The van der Waals surface area contributed by atoms with E-state index in [4.69, 9.17) is 5.11 Å². The van der Waals surface area contributed by atoms with Gasteiger partial charge >= 0.3 is 5.97 Å². The third-order valence-electron chi connectivity index (χ3n) is 2.83. The molecule has 1 rings (SSSR count). The van der Waals surface area contributed by atoms with E-state index in [-0.39, 0.29) is 10.9 Å². The molecule has 0 spiro atoms. The number of carbonyl (C=O) groups is 1. The van der Waals surface area contributed by atoms with Crippen molar-refractivity contribution in [3.05, 3.63) is 0 Å². The number of nitrogens with one attached hydrogen (secondary N) is 1. The van der Waals surface area contributed by atoms with Gasteiger partial charge in [-0.15, -0.1) is 11.8 Å². The smallest absolute Gasteiger partial charge is 0.320 e. The summed E-state index contributed by atoms with van der Waals surface area (Å²) in [6, 6.07) is -0.343. The largest absolute Gasteiger partial charge is 0.480 e. The fourth-order valence-corrected chi connectivity index (χ4v) is 3.88. The van der Waals surface area contributed by atoms with E-state index in [1.165, 1.54) is 0 Å². The molecule has 3 nitrogen and oxygen atoms in total. The van der Waals surface area contributed by atoms with Crippen molar-refractivity contribution in [2.24, 2.45) is 0 Å². The third-order valence-corrected chi connectivity index (χ3v) is 4.35. The van der Waals surface area contributed by atoms with Gasteiger partial charge in [0.25, 0.3) is 0 Å². The number of hydrogen-bond donors (Lipinski definition) is 2. The Morgan fingerprint density at radius 1 is 1.47 bits per heavy atom. The van der Waals surface area contributed by atoms with Crippen molar-refractivity contribution in [2.75, 3.05) is 5.75 Å². The molecule has 1 saturated heterocycles. The molecule has 1 aliphatic rings. The lowest BCUT2D eigenvalue weighted by Gasteiger charge is -2.40. The minimum atomic E-state index is -0.702. The van der Waals surface area contributed by atoms with Crippen molar-refractivity contribution in [2.45, 2.75) is 56.9 Å². The van der Waals surface area contributed by atoms with Crippen LogP contribution in [0.2, 0.25) is 0 Å². The molecule has 15 heavy (non-hydrogen) atoms. The van der Waals surface area contributed by atoms with Gasteiger partial charge in [0.15, 0.2) is 0 Å². The Bertz CT molecular complexity index is 209. The number of carboxylic acids is 1. The lowest BCUT2D eigenvalue weighted by atomic mass is 10.0. The van der Waals surface area contributed by atoms with Crippen molar-refractivity contribution in [1.82, 2.24) is 5.32 Å². The molecule has 88 valence electrons. The molecule has 1 aliphatic heterocycles. The van der Waals surface area contributed by atoms with Crippen LogP contribution in [0.15, 0.2) is 0 Å². The first-order valence-electron chi connectivity index (χ1n) is 5.78. The summed E-state index contributed by atoms with van der Waals surface area (Å²) < 4.78 is 0. The summed E-state index contributed by atoms with van der Waals surface area (Å²) in [5, 5.41) is 12.4. The maximum atomic E-state index is 11.0. The zero-order valence-corrected chi connectivity index (χ0v) is 10.4. The molecule has 0 aromatic rings. The molecule has 0 radical (unpaired) electrons. The van der Waals surface area contributed by atoms with Gasteiger partial charge < -0.3 is 5.11 Å². The molecule has 0 aromatic carbocycles. The first-order chi connectivity index (χ1) is 7.13. The second kappa shape index (κ2) is 5.75. The summed E-state index contributed by atoms with van der Waals surface area (Å²) in [6.07, 6.45) is 5.08. The molecule has 4 heteroatoms. The molecule has 2 N–H and O–H groups in total. The van der Waals surface area contributed by atoms with Crippen LogP contribution in [0, 0.1) is 0 Å². The topological polar surface area (TPSA) is 49.3 Å². The Labute approximate surface area is 96.0 Å². The average Bonchev–Trinajstić information content (AvgIpc) is 2.18. The molecule has 0 amide bonds. The Balaban J connectivity index is 2.65. The highest BCUT2D eigenvalue weighted by Gasteiger charge is 2.37. The van der Waals surface area contributed by atoms with Crippen LogP contribution in [0.3, 0.4) is 0 Å². The number of rotatable bonds is 5. The fraction of sp³-hybridized carbons (Fsp3) is 0.909. The van der Waals surface area contributed by atoms with Gasteiger partial charge in [0.1, 0.15) is 6.04 Å². The highest BCUT2D eigenvalue weighted by molar-refractivity contribution is 8.00. The van der Waals surface area contributed by atoms with Gasteiger partial charge in [-0.25, -0.2) is 0 Å². The summed E-state index contributed by atoms with van der Waals surface area (Å²) in [4.78, 5) is 11.0. The van der Waals surface area contributed by atoms with Crippen LogP contribution >= 0.6 is 11.8 Å². The van der Waals surface area contributed by atoms with Gasteiger partial charge in [-0.2, -0.15) is 0 Å². The van der Waals surface area contributed by atoms with E-state index in [0.717, 1.165) is 37.9 Å². The molecule has 0 aliphatic carbocycles. The van der Waals surface area contributed by atoms with Crippen LogP contribution in [0.5, 0.6) is 0 Å². The Morgan fingerprint density at radius 3 is 2.53 bits per heavy atom. The van der Waals surface area contributed by atoms with Crippen LogP contribution in [-0.4, -0.2) is 27.7 Å². The predicted molar refractivity (Wildman–Crippen MR) is 64.2 cm³/mol. The van der Waals surface area contributed by atoms with E-state index in [1.807, 2.05) is 11.8 Å². The molecular weight excluding hydrogens is 210 g/mol. The van der Waals surface area contributed by atoms with Gasteiger partial charge in [-0.3, -0.25) is 10.1 Å². The van der Waals surface area contributed by atoms with E-state index in [0.29, 0.717) is 0 Å². The van der Waals surface area contributed by atoms with E-state index >= 15 is 0 Å². The highest BCUT2D eigenvalue weighted by Crippen LogP contribution is 2.37. The lowest BCUT2D eigenvalue weighted by molar-refractivity contribution is -0.140. The molecule has 1 fully saturated rings. The number of aliphatic carboxylic acids is 1. The molecule has 0 bridgehead atoms. The monoisotopic (exact) mass is 231 g/mol. The van der Waals surface area contributed by atoms with Gasteiger partial charge in [0.2, 0.25) is 0 Å². The zero-order chi connectivity index (χ0) is 11.3. The fourth-order valence-electron chi connectivity index (χ4n) is 2.21. The maximum absolute atomic E-state index is 11.0. The van der Waals surface area contributed by atoms with Crippen LogP contribution in [0.1, 0.15) is 46.0 Å². The van der Waals surface area contributed by atoms with Crippen LogP contribution in [-0.2, 0) is 4.79 Å². The minimum Gasteiger partial charge on any atom is -0.480 e. The summed E-state index contributed by atoms with van der Waals surface area (Å²) in [6.45, 7) is 4.31. The van der Waals surface area contributed by atoms with E-state index in [2.05, 4.69) is 19.2 Å². The summed E-state index contributed by atoms with van der Waals surface area (Å²) in [5.41, 5.74) is 0. The Kier molecular flexibility index (Phi) is 4.93. The lowest BCUT2D eigenvalue weighted by Crippen LogP contribution is -2.54.